The summed E-state index contributed by atoms with van der Waals surface area (Å²) in [5.74, 6) is -2.72. The van der Waals surface area contributed by atoms with E-state index >= 15 is 0 Å². The summed E-state index contributed by atoms with van der Waals surface area (Å²) in [6, 6.07) is 19.4. The minimum Gasteiger partial charge on any atom is -0.497 e. The summed E-state index contributed by atoms with van der Waals surface area (Å²) in [5.41, 5.74) is 0.554. The summed E-state index contributed by atoms with van der Waals surface area (Å²) in [6.07, 6.45) is 5.13. The van der Waals surface area contributed by atoms with Gasteiger partial charge in [-0.2, -0.15) is 5.10 Å². The maximum absolute atomic E-state index is 14.7. The highest BCUT2D eigenvalue weighted by Crippen LogP contribution is 2.63. The number of nitrogens with zero attached hydrogens (tertiary/aromatic N) is 2. The number of ether oxygens (including phenoxy) is 4. The zero-order valence-electron chi connectivity index (χ0n) is 24.0. The fourth-order valence-corrected chi connectivity index (χ4v) is 7.31. The molecule has 0 N–H and O–H groups in total. The number of carbonyl (C=O) groups excluding carboxylic acids is 3. The molecule has 3 atom stereocenters. The molecule has 7 rings (SSSR count). The van der Waals surface area contributed by atoms with Crippen molar-refractivity contribution in [3.63, 3.8) is 0 Å². The predicted octanol–water partition coefficient (Wildman–Crippen LogP) is 5.19. The molecule has 3 aromatic rings. The van der Waals surface area contributed by atoms with Gasteiger partial charge in [-0.1, -0.05) is 42.8 Å². The van der Waals surface area contributed by atoms with Gasteiger partial charge in [0, 0.05) is 24.3 Å². The predicted molar refractivity (Wildman–Crippen MR) is 156 cm³/mol. The molecule has 3 aliphatic heterocycles. The number of rotatable bonds is 5. The van der Waals surface area contributed by atoms with Crippen molar-refractivity contribution in [1.29, 1.82) is 0 Å². The zero-order valence-corrected chi connectivity index (χ0v) is 24.0. The normalized spacial score (nSPS) is 24.6. The van der Waals surface area contributed by atoms with Gasteiger partial charge < -0.3 is 18.9 Å². The van der Waals surface area contributed by atoms with Gasteiger partial charge in [0.05, 0.1) is 20.4 Å². The lowest BCUT2D eigenvalue weighted by molar-refractivity contribution is -0.273. The first kappa shape index (κ1) is 27.2. The van der Waals surface area contributed by atoms with Gasteiger partial charge >= 0.3 is 11.9 Å². The van der Waals surface area contributed by atoms with Crippen LogP contribution in [0.15, 0.2) is 77.9 Å². The van der Waals surface area contributed by atoms with E-state index in [4.69, 9.17) is 24.0 Å². The van der Waals surface area contributed by atoms with Crippen molar-refractivity contribution in [2.45, 2.75) is 55.9 Å². The van der Waals surface area contributed by atoms with Crippen LogP contribution in [0.5, 0.6) is 11.5 Å². The standard InChI is InChI=1S/C34H32N2O7/c1-40-24-14-10-21(11-15-24)27-28(29(37)22-12-16-25(41-2)17-13-22)36-30(26-9-5-4-8-23(26)20-35-36)34(27)31(38)42-33(43-32(34)39)18-6-3-7-19-33/h4-5,8-17,20,27-28,30H,3,6-7,18-19H2,1-2H3/t27-,28-,30+/m1/s1. The number of carbonyl (C=O) groups is 3. The lowest BCUT2D eigenvalue weighted by Crippen LogP contribution is -2.60. The monoisotopic (exact) mass is 580 g/mol. The van der Waals surface area contributed by atoms with Crippen molar-refractivity contribution in [1.82, 2.24) is 5.01 Å². The Hall–Kier alpha value is -4.66. The zero-order chi connectivity index (χ0) is 29.8. The van der Waals surface area contributed by atoms with Gasteiger partial charge in [0.25, 0.3) is 5.79 Å². The van der Waals surface area contributed by atoms with Crippen molar-refractivity contribution >= 4 is 23.9 Å². The van der Waals surface area contributed by atoms with Gasteiger partial charge in [0.15, 0.2) is 5.78 Å². The molecular weight excluding hydrogens is 548 g/mol. The first-order chi connectivity index (χ1) is 20.9. The Kier molecular flexibility index (Phi) is 6.49. The smallest absolute Gasteiger partial charge is 0.330 e. The summed E-state index contributed by atoms with van der Waals surface area (Å²) < 4.78 is 23.2. The highest BCUT2D eigenvalue weighted by atomic mass is 16.7. The molecule has 1 aliphatic carbocycles. The van der Waals surface area contributed by atoms with Crippen LogP contribution in [0.2, 0.25) is 0 Å². The van der Waals surface area contributed by atoms with E-state index in [0.29, 0.717) is 41.0 Å². The van der Waals surface area contributed by atoms with E-state index in [9.17, 15) is 14.4 Å². The Morgan fingerprint density at radius 3 is 2.07 bits per heavy atom. The second kappa shape index (κ2) is 10.3. The third kappa shape index (κ3) is 4.05. The van der Waals surface area contributed by atoms with Crippen molar-refractivity contribution in [3.8, 4) is 11.5 Å². The fourth-order valence-electron chi connectivity index (χ4n) is 7.31. The molecule has 0 unspecified atom stereocenters. The molecule has 3 aromatic carbocycles. The molecule has 4 aliphatic rings. The lowest BCUT2D eigenvalue weighted by atomic mass is 9.65. The molecule has 220 valence electrons. The number of hydrazone groups is 1. The molecule has 3 heterocycles. The van der Waals surface area contributed by atoms with Crippen LogP contribution in [-0.4, -0.2) is 55.0 Å². The van der Waals surface area contributed by atoms with E-state index in [2.05, 4.69) is 0 Å². The molecule has 2 spiro atoms. The van der Waals surface area contributed by atoms with Gasteiger partial charge in [-0.15, -0.1) is 0 Å². The van der Waals surface area contributed by atoms with Gasteiger partial charge in [-0.3, -0.25) is 19.4 Å². The summed E-state index contributed by atoms with van der Waals surface area (Å²) in [6.45, 7) is 0. The lowest BCUT2D eigenvalue weighted by Gasteiger charge is -2.47. The van der Waals surface area contributed by atoms with Crippen molar-refractivity contribution in [2.75, 3.05) is 14.2 Å². The molecule has 3 fully saturated rings. The minimum atomic E-state index is -1.90. The summed E-state index contributed by atoms with van der Waals surface area (Å²) in [7, 11) is 3.12. The minimum absolute atomic E-state index is 0.291. The maximum Gasteiger partial charge on any atom is 0.330 e. The molecule has 1 saturated carbocycles. The Morgan fingerprint density at radius 1 is 0.837 bits per heavy atom. The van der Waals surface area contributed by atoms with Gasteiger partial charge in [-0.25, -0.2) is 0 Å². The SMILES string of the molecule is COc1ccc(C(=O)[C@H]2[C@@H](c3ccc(OC)cc3)C3(C(=O)OC4(CCCCC4)OC3=O)[C@@H]3c4ccccc4C=NN32)cc1. The molecule has 0 aromatic heterocycles. The van der Waals surface area contributed by atoms with Crippen molar-refractivity contribution in [2.24, 2.45) is 10.5 Å². The van der Waals surface area contributed by atoms with E-state index in [0.717, 1.165) is 24.8 Å². The molecule has 0 amide bonds. The molecule has 2 saturated heterocycles. The number of hydrogen-bond donors (Lipinski definition) is 0. The van der Waals surface area contributed by atoms with E-state index in [1.807, 2.05) is 24.3 Å². The average Bonchev–Trinajstić information content (AvgIpc) is 3.36. The number of methoxy groups -OCH3 is 2. The second-order valence-electron chi connectivity index (χ2n) is 11.6. The Bertz CT molecular complexity index is 1590. The third-order valence-electron chi connectivity index (χ3n) is 9.37. The van der Waals surface area contributed by atoms with E-state index in [1.165, 1.54) is 0 Å². The fraction of sp³-hybridized carbons (Fsp3) is 0.353. The summed E-state index contributed by atoms with van der Waals surface area (Å²) in [5, 5.41) is 6.37. The largest absolute Gasteiger partial charge is 0.497 e. The van der Waals surface area contributed by atoms with Crippen LogP contribution in [0.1, 0.15) is 71.1 Å². The Balaban J connectivity index is 1.46. The van der Waals surface area contributed by atoms with Crippen LogP contribution < -0.4 is 9.47 Å². The third-order valence-corrected chi connectivity index (χ3v) is 9.37. The number of benzene rings is 3. The van der Waals surface area contributed by atoms with E-state index in [1.54, 1.807) is 74.0 Å². The summed E-state index contributed by atoms with van der Waals surface area (Å²) >= 11 is 0. The molecule has 9 heteroatoms. The van der Waals surface area contributed by atoms with E-state index in [-0.39, 0.29) is 5.78 Å². The second-order valence-corrected chi connectivity index (χ2v) is 11.6. The quantitative estimate of drug-likeness (QED) is 0.231. The van der Waals surface area contributed by atoms with Crippen LogP contribution in [0.4, 0.5) is 0 Å². The topological polar surface area (TPSA) is 104 Å². The van der Waals surface area contributed by atoms with Crippen LogP contribution in [-0.2, 0) is 19.1 Å². The number of Topliss-reactive ketones (excluding diaryl/α,β-unsaturated/α-hetero) is 1. The average molecular weight is 581 g/mol. The van der Waals surface area contributed by atoms with Crippen molar-refractivity contribution < 1.29 is 33.3 Å². The van der Waals surface area contributed by atoms with Gasteiger partial charge in [0.2, 0.25) is 5.41 Å². The van der Waals surface area contributed by atoms with Gasteiger partial charge in [-0.05, 0) is 65.9 Å². The molecule has 9 nitrogen and oxygen atoms in total. The Labute approximate surface area is 249 Å². The van der Waals surface area contributed by atoms with Crippen LogP contribution in [0, 0.1) is 5.41 Å². The van der Waals surface area contributed by atoms with Crippen LogP contribution in [0.3, 0.4) is 0 Å². The first-order valence-electron chi connectivity index (χ1n) is 14.6. The van der Waals surface area contributed by atoms with Gasteiger partial charge in [0.1, 0.15) is 23.6 Å². The van der Waals surface area contributed by atoms with Crippen LogP contribution >= 0.6 is 0 Å². The molecule has 43 heavy (non-hydrogen) atoms. The molecular formula is C34H32N2O7. The first-order valence-corrected chi connectivity index (χ1v) is 14.6. The number of hydrogen-bond acceptors (Lipinski definition) is 9. The molecule has 0 radical (unpaired) electrons. The van der Waals surface area contributed by atoms with Crippen molar-refractivity contribution in [3.05, 3.63) is 95.1 Å². The maximum atomic E-state index is 14.7. The number of fused-ring (bicyclic) bond motifs is 4. The number of esters is 2. The number of ketones is 1. The highest BCUT2D eigenvalue weighted by molar-refractivity contribution is 6.09. The Morgan fingerprint density at radius 2 is 1.44 bits per heavy atom. The van der Waals surface area contributed by atoms with Crippen LogP contribution in [0.25, 0.3) is 0 Å². The van der Waals surface area contributed by atoms with E-state index < -0.39 is 41.1 Å². The highest BCUT2D eigenvalue weighted by Gasteiger charge is 2.75. The molecule has 0 bridgehead atoms. The summed E-state index contributed by atoms with van der Waals surface area (Å²) in [4.78, 5) is 44.0.